The van der Waals surface area contributed by atoms with Crippen molar-refractivity contribution in [2.24, 2.45) is 0 Å². The van der Waals surface area contributed by atoms with E-state index >= 15 is 0 Å². The second-order valence-corrected chi connectivity index (χ2v) is 6.50. The predicted octanol–water partition coefficient (Wildman–Crippen LogP) is 4.70. The lowest BCUT2D eigenvalue weighted by molar-refractivity contribution is -0.384. The van der Waals surface area contributed by atoms with Gasteiger partial charge in [-0.3, -0.25) is 14.9 Å². The minimum Gasteiger partial charge on any atom is -0.345 e. The number of halogens is 1. The first-order valence-corrected chi connectivity index (χ1v) is 8.74. The molecule has 1 atom stereocenters. The highest BCUT2D eigenvalue weighted by Crippen LogP contribution is 2.24. The van der Waals surface area contributed by atoms with Crippen LogP contribution >= 0.6 is 11.6 Å². The highest BCUT2D eigenvalue weighted by Gasteiger charge is 2.17. The Hall–Kier alpha value is -3.18. The molecule has 0 radical (unpaired) electrons. The van der Waals surface area contributed by atoms with Gasteiger partial charge in [0.05, 0.1) is 17.4 Å². The van der Waals surface area contributed by atoms with E-state index in [0.717, 1.165) is 11.1 Å². The largest absolute Gasteiger partial charge is 0.345 e. The van der Waals surface area contributed by atoms with E-state index in [0.29, 0.717) is 10.6 Å². The summed E-state index contributed by atoms with van der Waals surface area (Å²) in [6.07, 6.45) is 0.127. The summed E-state index contributed by atoms with van der Waals surface area (Å²) in [5, 5.41) is 14.4. The number of amides is 1. The van der Waals surface area contributed by atoms with Gasteiger partial charge in [0.2, 0.25) is 5.91 Å². The number of benzene rings is 3. The molecule has 0 aliphatic rings. The van der Waals surface area contributed by atoms with Crippen LogP contribution in [0.15, 0.2) is 78.9 Å². The van der Waals surface area contributed by atoms with Crippen molar-refractivity contribution in [1.82, 2.24) is 5.32 Å². The van der Waals surface area contributed by atoms with Crippen molar-refractivity contribution in [2.45, 2.75) is 12.5 Å². The maximum absolute atomic E-state index is 12.6. The van der Waals surface area contributed by atoms with Crippen LogP contribution in [0.5, 0.6) is 0 Å². The minimum atomic E-state index is -0.464. The molecule has 0 saturated carbocycles. The maximum Gasteiger partial charge on any atom is 0.269 e. The summed E-state index contributed by atoms with van der Waals surface area (Å²) >= 11 is 6.12. The van der Waals surface area contributed by atoms with Gasteiger partial charge in [-0.2, -0.15) is 0 Å². The summed E-state index contributed by atoms with van der Waals surface area (Å²) in [5.74, 6) is -0.183. The molecule has 136 valence electrons. The Morgan fingerprint density at radius 3 is 2.26 bits per heavy atom. The van der Waals surface area contributed by atoms with Crippen LogP contribution in [0.4, 0.5) is 5.69 Å². The fourth-order valence-electron chi connectivity index (χ4n) is 2.82. The van der Waals surface area contributed by atoms with E-state index in [9.17, 15) is 14.9 Å². The third-order valence-corrected chi connectivity index (χ3v) is 4.37. The summed E-state index contributed by atoms with van der Waals surface area (Å²) in [5.41, 5.74) is 2.53. The lowest BCUT2D eigenvalue weighted by Crippen LogP contribution is -2.30. The van der Waals surface area contributed by atoms with Crippen LogP contribution < -0.4 is 5.32 Å². The van der Waals surface area contributed by atoms with E-state index < -0.39 is 4.92 Å². The molecule has 0 saturated heterocycles. The quantitative estimate of drug-likeness (QED) is 0.497. The van der Waals surface area contributed by atoms with Gasteiger partial charge >= 0.3 is 0 Å². The molecule has 0 aliphatic carbocycles. The first kappa shape index (κ1) is 18.6. The summed E-state index contributed by atoms with van der Waals surface area (Å²) in [7, 11) is 0. The predicted molar refractivity (Wildman–Crippen MR) is 105 cm³/mol. The zero-order valence-corrected chi connectivity index (χ0v) is 15.1. The molecule has 0 heterocycles. The molecule has 3 aromatic rings. The van der Waals surface area contributed by atoms with E-state index in [4.69, 9.17) is 11.6 Å². The first-order valence-electron chi connectivity index (χ1n) is 8.36. The van der Waals surface area contributed by atoms with E-state index in [-0.39, 0.29) is 24.1 Å². The number of hydrogen-bond acceptors (Lipinski definition) is 3. The first-order chi connectivity index (χ1) is 13.0. The highest BCUT2D eigenvalue weighted by atomic mass is 35.5. The maximum atomic E-state index is 12.6. The number of nitro groups is 1. The summed E-state index contributed by atoms with van der Waals surface area (Å²) in [4.78, 5) is 22.9. The van der Waals surface area contributed by atoms with Gasteiger partial charge in [-0.1, -0.05) is 66.2 Å². The van der Waals surface area contributed by atoms with Crippen LogP contribution in [0.3, 0.4) is 0 Å². The average Bonchev–Trinajstić information content (AvgIpc) is 2.67. The monoisotopic (exact) mass is 380 g/mol. The van der Waals surface area contributed by atoms with Gasteiger partial charge in [0.15, 0.2) is 0 Å². The molecule has 0 aliphatic heterocycles. The van der Waals surface area contributed by atoms with Crippen molar-refractivity contribution in [3.8, 4) is 0 Å². The van der Waals surface area contributed by atoms with Crippen LogP contribution in [0, 0.1) is 10.1 Å². The van der Waals surface area contributed by atoms with Gasteiger partial charge in [0.25, 0.3) is 5.69 Å². The highest BCUT2D eigenvalue weighted by molar-refractivity contribution is 6.30. The van der Waals surface area contributed by atoms with Crippen LogP contribution in [0.25, 0.3) is 0 Å². The smallest absolute Gasteiger partial charge is 0.269 e. The second kappa shape index (κ2) is 8.47. The number of hydrogen-bond donors (Lipinski definition) is 1. The third-order valence-electron chi connectivity index (χ3n) is 4.13. The Balaban J connectivity index is 1.79. The number of nitrogens with one attached hydrogen (secondary N) is 1. The number of carbonyl (C=O) groups is 1. The van der Waals surface area contributed by atoms with Crippen LogP contribution in [0.1, 0.15) is 22.7 Å². The molecule has 1 unspecified atom stereocenters. The van der Waals surface area contributed by atoms with Crippen LogP contribution in [0.2, 0.25) is 5.02 Å². The molecule has 0 aromatic heterocycles. The lowest BCUT2D eigenvalue weighted by atomic mass is 9.98. The normalized spacial score (nSPS) is 11.6. The Morgan fingerprint density at radius 1 is 0.963 bits per heavy atom. The molecule has 3 aromatic carbocycles. The molecule has 5 nitrogen and oxygen atoms in total. The SMILES string of the molecule is O=C(Cc1ccc([N+](=O)[O-])cc1)NC(c1ccccc1)c1cccc(Cl)c1. The van der Waals surface area contributed by atoms with Crippen molar-refractivity contribution in [2.75, 3.05) is 0 Å². The average molecular weight is 381 g/mol. The summed E-state index contributed by atoms with van der Waals surface area (Å²) < 4.78 is 0. The van der Waals surface area contributed by atoms with E-state index in [1.54, 1.807) is 18.2 Å². The Kier molecular flexibility index (Phi) is 5.84. The van der Waals surface area contributed by atoms with Gasteiger partial charge in [-0.25, -0.2) is 0 Å². The molecule has 1 amide bonds. The fourth-order valence-corrected chi connectivity index (χ4v) is 3.02. The molecule has 0 spiro atoms. The lowest BCUT2D eigenvalue weighted by Gasteiger charge is -2.20. The molecule has 0 fully saturated rings. The van der Waals surface area contributed by atoms with Gasteiger partial charge < -0.3 is 5.32 Å². The molecular weight excluding hydrogens is 364 g/mol. The molecule has 6 heteroatoms. The Morgan fingerprint density at radius 2 is 1.63 bits per heavy atom. The topological polar surface area (TPSA) is 72.2 Å². The number of rotatable bonds is 6. The van der Waals surface area contributed by atoms with Crippen molar-refractivity contribution in [1.29, 1.82) is 0 Å². The van der Waals surface area contributed by atoms with Crippen LogP contribution in [-0.4, -0.2) is 10.8 Å². The van der Waals surface area contributed by atoms with Gasteiger partial charge in [-0.15, -0.1) is 0 Å². The number of non-ortho nitro benzene ring substituents is 1. The number of carbonyl (C=O) groups excluding carboxylic acids is 1. The molecule has 0 bridgehead atoms. The van der Waals surface area contributed by atoms with Crippen LogP contribution in [-0.2, 0) is 11.2 Å². The second-order valence-electron chi connectivity index (χ2n) is 6.07. The van der Waals surface area contributed by atoms with Crippen molar-refractivity contribution in [3.05, 3.63) is 111 Å². The summed E-state index contributed by atoms with van der Waals surface area (Å²) in [6.45, 7) is 0. The number of nitrogens with zero attached hydrogens (tertiary/aromatic N) is 1. The molecule has 1 N–H and O–H groups in total. The zero-order chi connectivity index (χ0) is 19.2. The van der Waals surface area contributed by atoms with E-state index in [1.165, 1.54) is 12.1 Å². The van der Waals surface area contributed by atoms with Crippen molar-refractivity contribution < 1.29 is 9.72 Å². The Bertz CT molecular complexity index is 943. The molecule has 3 rings (SSSR count). The molecular formula is C21H17ClN2O3. The summed E-state index contributed by atoms with van der Waals surface area (Å²) in [6, 6.07) is 22.6. The van der Waals surface area contributed by atoms with E-state index in [2.05, 4.69) is 5.32 Å². The number of nitro benzene ring substituents is 1. The minimum absolute atomic E-state index is 0.000229. The molecule has 27 heavy (non-hydrogen) atoms. The van der Waals surface area contributed by atoms with Crippen molar-refractivity contribution >= 4 is 23.2 Å². The third kappa shape index (κ3) is 4.92. The Labute approximate surface area is 161 Å². The van der Waals surface area contributed by atoms with Gasteiger partial charge in [0, 0.05) is 17.2 Å². The van der Waals surface area contributed by atoms with Crippen molar-refractivity contribution in [3.63, 3.8) is 0 Å². The fraction of sp³-hybridized carbons (Fsp3) is 0.0952. The zero-order valence-electron chi connectivity index (χ0n) is 14.3. The van der Waals surface area contributed by atoms with Gasteiger partial charge in [-0.05, 0) is 28.8 Å². The standard InChI is InChI=1S/C21H17ClN2O3/c22-18-8-4-7-17(14-18)21(16-5-2-1-3-6-16)23-20(25)13-15-9-11-19(12-10-15)24(26)27/h1-12,14,21H,13H2,(H,23,25). The van der Waals surface area contributed by atoms with Gasteiger partial charge in [0.1, 0.15) is 0 Å². The van der Waals surface area contributed by atoms with E-state index in [1.807, 2.05) is 48.5 Å².